The number of rotatable bonds is 3. The van der Waals surface area contributed by atoms with E-state index in [1.165, 1.54) is 0 Å². The molecule has 0 radical (unpaired) electrons. The molecule has 1 fully saturated rings. The normalized spacial score (nSPS) is 17.5. The van der Waals surface area contributed by atoms with Crippen molar-refractivity contribution in [3.63, 3.8) is 0 Å². The summed E-state index contributed by atoms with van der Waals surface area (Å²) in [6, 6.07) is 3.73. The minimum Gasteiger partial charge on any atom is -0.458 e. The molecule has 0 saturated heterocycles. The molecule has 14 heavy (non-hydrogen) atoms. The number of aromatic nitrogens is 1. The number of esters is 1. The van der Waals surface area contributed by atoms with E-state index >= 15 is 0 Å². The quantitative estimate of drug-likeness (QED) is 0.687. The van der Waals surface area contributed by atoms with Crippen LogP contribution in [0.4, 0.5) is 0 Å². The van der Waals surface area contributed by atoms with Crippen molar-refractivity contribution in [2.24, 2.45) is 5.92 Å². The Morgan fingerprint density at radius 1 is 1.50 bits per heavy atom. The third kappa shape index (κ3) is 2.10. The second-order valence-electron chi connectivity index (χ2n) is 3.63. The number of carbonyl (C=O) groups is 1. The van der Waals surface area contributed by atoms with Gasteiger partial charge in [-0.2, -0.15) is 0 Å². The Morgan fingerprint density at radius 3 is 2.71 bits per heavy atom. The van der Waals surface area contributed by atoms with E-state index in [9.17, 15) is 4.79 Å². The van der Waals surface area contributed by atoms with Crippen LogP contribution in [0.15, 0.2) is 24.5 Å². The maximum atomic E-state index is 11.4. The number of pyridine rings is 1. The molecule has 1 atom stereocenters. The summed E-state index contributed by atoms with van der Waals surface area (Å²) in [5, 5.41) is 0. The van der Waals surface area contributed by atoms with Crippen molar-refractivity contribution < 1.29 is 9.53 Å². The van der Waals surface area contributed by atoms with Gasteiger partial charge in [0, 0.05) is 12.4 Å². The van der Waals surface area contributed by atoms with E-state index in [-0.39, 0.29) is 18.0 Å². The summed E-state index contributed by atoms with van der Waals surface area (Å²) in [5.41, 5.74) is 0.994. The van der Waals surface area contributed by atoms with E-state index in [4.69, 9.17) is 4.74 Å². The molecule has 0 N–H and O–H groups in total. The van der Waals surface area contributed by atoms with Crippen LogP contribution < -0.4 is 0 Å². The summed E-state index contributed by atoms with van der Waals surface area (Å²) in [5.74, 6) is 0.105. The lowest BCUT2D eigenvalue weighted by Crippen LogP contribution is -2.10. The molecule has 1 aliphatic carbocycles. The predicted octanol–water partition coefficient (Wildman–Crippen LogP) is 2.10. The van der Waals surface area contributed by atoms with Crippen molar-refractivity contribution >= 4 is 5.97 Å². The van der Waals surface area contributed by atoms with Gasteiger partial charge in [0.05, 0.1) is 5.92 Å². The third-order valence-corrected chi connectivity index (χ3v) is 2.38. The third-order valence-electron chi connectivity index (χ3n) is 2.38. The van der Waals surface area contributed by atoms with Gasteiger partial charge in [-0.25, -0.2) is 0 Å². The molecular weight excluding hydrogens is 178 g/mol. The highest BCUT2D eigenvalue weighted by Gasteiger charge is 2.32. The molecule has 1 heterocycles. The van der Waals surface area contributed by atoms with Crippen molar-refractivity contribution in [2.45, 2.75) is 25.9 Å². The van der Waals surface area contributed by atoms with Crippen LogP contribution in [-0.4, -0.2) is 11.0 Å². The van der Waals surface area contributed by atoms with Crippen LogP contribution in [0.3, 0.4) is 0 Å². The fourth-order valence-corrected chi connectivity index (χ4v) is 1.29. The molecule has 1 saturated carbocycles. The number of carbonyl (C=O) groups excluding carboxylic acids is 1. The zero-order chi connectivity index (χ0) is 9.97. The summed E-state index contributed by atoms with van der Waals surface area (Å²) in [6.07, 6.45) is 5.23. The van der Waals surface area contributed by atoms with Crippen LogP contribution in [0.2, 0.25) is 0 Å². The van der Waals surface area contributed by atoms with Crippen LogP contribution in [0.1, 0.15) is 31.4 Å². The summed E-state index contributed by atoms with van der Waals surface area (Å²) in [6.45, 7) is 1.88. The molecule has 3 nitrogen and oxygen atoms in total. The Bertz CT molecular complexity index is 319. The Hall–Kier alpha value is -1.38. The van der Waals surface area contributed by atoms with Crippen molar-refractivity contribution in [2.75, 3.05) is 0 Å². The zero-order valence-electron chi connectivity index (χ0n) is 8.14. The highest BCUT2D eigenvalue weighted by Crippen LogP contribution is 2.32. The molecule has 1 aromatic heterocycles. The van der Waals surface area contributed by atoms with Gasteiger partial charge in [0.1, 0.15) is 6.10 Å². The maximum Gasteiger partial charge on any atom is 0.309 e. The topological polar surface area (TPSA) is 39.2 Å². The lowest BCUT2D eigenvalue weighted by atomic mass is 10.2. The molecule has 1 aromatic rings. The maximum absolute atomic E-state index is 11.4. The SMILES string of the molecule is CC(OC(=O)C1CC1)c1ccncc1. The van der Waals surface area contributed by atoms with Gasteiger partial charge in [-0.3, -0.25) is 9.78 Å². The average molecular weight is 191 g/mol. The van der Waals surface area contributed by atoms with Crippen LogP contribution in [-0.2, 0) is 9.53 Å². The molecule has 2 rings (SSSR count). The summed E-state index contributed by atoms with van der Waals surface area (Å²) in [7, 11) is 0. The van der Waals surface area contributed by atoms with E-state index in [1.54, 1.807) is 12.4 Å². The van der Waals surface area contributed by atoms with Crippen LogP contribution in [0.25, 0.3) is 0 Å². The Kier molecular flexibility index (Phi) is 2.48. The van der Waals surface area contributed by atoms with Gasteiger partial charge in [0.25, 0.3) is 0 Å². The first kappa shape index (κ1) is 9.19. The highest BCUT2D eigenvalue weighted by molar-refractivity contribution is 5.75. The number of hydrogen-bond donors (Lipinski definition) is 0. The Balaban J connectivity index is 1.95. The molecule has 1 aliphatic rings. The smallest absolute Gasteiger partial charge is 0.309 e. The molecule has 74 valence electrons. The standard InChI is InChI=1S/C11H13NO2/c1-8(9-4-6-12-7-5-9)14-11(13)10-2-3-10/h4-8,10H,2-3H2,1H3. The molecule has 0 aromatic carbocycles. The zero-order valence-corrected chi connectivity index (χ0v) is 8.14. The van der Waals surface area contributed by atoms with Crippen molar-refractivity contribution in [3.8, 4) is 0 Å². The molecule has 0 amide bonds. The Morgan fingerprint density at radius 2 is 2.14 bits per heavy atom. The molecule has 0 bridgehead atoms. The van der Waals surface area contributed by atoms with E-state index in [0.29, 0.717) is 0 Å². The van der Waals surface area contributed by atoms with E-state index in [0.717, 1.165) is 18.4 Å². The number of nitrogens with zero attached hydrogens (tertiary/aromatic N) is 1. The molecule has 3 heteroatoms. The Labute approximate surface area is 83.1 Å². The lowest BCUT2D eigenvalue weighted by molar-refractivity contribution is -0.150. The summed E-state index contributed by atoms with van der Waals surface area (Å²) >= 11 is 0. The molecular formula is C11H13NO2. The highest BCUT2D eigenvalue weighted by atomic mass is 16.5. The second-order valence-corrected chi connectivity index (χ2v) is 3.63. The first-order valence-corrected chi connectivity index (χ1v) is 4.88. The van der Waals surface area contributed by atoms with E-state index < -0.39 is 0 Å². The van der Waals surface area contributed by atoms with Crippen molar-refractivity contribution in [1.82, 2.24) is 4.98 Å². The second kappa shape index (κ2) is 3.78. The van der Waals surface area contributed by atoms with Crippen LogP contribution in [0.5, 0.6) is 0 Å². The average Bonchev–Trinajstić information content (AvgIpc) is 3.02. The van der Waals surface area contributed by atoms with E-state index in [1.807, 2.05) is 19.1 Å². The van der Waals surface area contributed by atoms with Gasteiger partial charge in [-0.15, -0.1) is 0 Å². The summed E-state index contributed by atoms with van der Waals surface area (Å²) in [4.78, 5) is 15.3. The van der Waals surface area contributed by atoms with Gasteiger partial charge in [0.15, 0.2) is 0 Å². The van der Waals surface area contributed by atoms with Gasteiger partial charge in [-0.1, -0.05) is 0 Å². The fraction of sp³-hybridized carbons (Fsp3) is 0.455. The van der Waals surface area contributed by atoms with Gasteiger partial charge >= 0.3 is 5.97 Å². The lowest BCUT2D eigenvalue weighted by Gasteiger charge is -2.12. The van der Waals surface area contributed by atoms with Gasteiger partial charge in [-0.05, 0) is 37.5 Å². The largest absolute Gasteiger partial charge is 0.458 e. The van der Waals surface area contributed by atoms with Crippen LogP contribution in [0, 0.1) is 5.92 Å². The first-order chi connectivity index (χ1) is 6.77. The minimum absolute atomic E-state index is 0.0608. The predicted molar refractivity (Wildman–Crippen MR) is 51.5 cm³/mol. The molecule has 0 spiro atoms. The first-order valence-electron chi connectivity index (χ1n) is 4.88. The van der Waals surface area contributed by atoms with Gasteiger partial charge in [0.2, 0.25) is 0 Å². The monoisotopic (exact) mass is 191 g/mol. The van der Waals surface area contributed by atoms with Crippen molar-refractivity contribution in [1.29, 1.82) is 0 Å². The van der Waals surface area contributed by atoms with E-state index in [2.05, 4.69) is 4.98 Å². The van der Waals surface area contributed by atoms with Crippen LogP contribution >= 0.6 is 0 Å². The molecule has 1 unspecified atom stereocenters. The fourth-order valence-electron chi connectivity index (χ4n) is 1.29. The summed E-state index contributed by atoms with van der Waals surface area (Å²) < 4.78 is 5.29. The number of hydrogen-bond acceptors (Lipinski definition) is 3. The minimum atomic E-state index is -0.161. The van der Waals surface area contributed by atoms with Gasteiger partial charge < -0.3 is 4.74 Å². The van der Waals surface area contributed by atoms with Crippen molar-refractivity contribution in [3.05, 3.63) is 30.1 Å². The number of ether oxygens (including phenoxy) is 1. The molecule has 0 aliphatic heterocycles.